The van der Waals surface area contributed by atoms with Gasteiger partial charge in [0, 0.05) is 23.1 Å². The smallest absolute Gasteiger partial charge is 0.312 e. The molecule has 3 heterocycles. The molecule has 2 aromatic heterocycles. The van der Waals surface area contributed by atoms with Crippen LogP contribution in [0.4, 0.5) is 10.2 Å². The fourth-order valence-corrected chi connectivity index (χ4v) is 3.80. The molecule has 148 valence electrons. The lowest BCUT2D eigenvalue weighted by molar-refractivity contribution is 0.174. The summed E-state index contributed by atoms with van der Waals surface area (Å²) < 4.78 is 27.6. The molecule has 0 saturated heterocycles. The Balaban J connectivity index is 1.72. The minimum atomic E-state index is -0.850. The zero-order valence-electron chi connectivity index (χ0n) is 15.3. The second-order valence-corrected chi connectivity index (χ2v) is 7.62. The number of nitrogens with two attached hydrogens (primary N) is 1. The summed E-state index contributed by atoms with van der Waals surface area (Å²) >= 11 is 2.26. The average Bonchev–Trinajstić information content (AvgIpc) is 3.24. The molecule has 8 nitrogen and oxygen atoms in total. The second-order valence-electron chi connectivity index (χ2n) is 6.45. The minimum absolute atomic E-state index is 0.0457. The van der Waals surface area contributed by atoms with E-state index in [1.165, 1.54) is 0 Å². The molecule has 0 bridgehead atoms. The zero-order chi connectivity index (χ0) is 19.7. The summed E-state index contributed by atoms with van der Waals surface area (Å²) in [6.07, 6.45) is 0.716. The van der Waals surface area contributed by atoms with Crippen molar-refractivity contribution in [1.82, 2.24) is 24.8 Å². The molecule has 3 aromatic rings. The molecule has 28 heavy (non-hydrogen) atoms. The van der Waals surface area contributed by atoms with Crippen molar-refractivity contribution in [2.24, 2.45) is 0 Å². The largest absolute Gasteiger partial charge is 0.454 e. The van der Waals surface area contributed by atoms with E-state index in [0.717, 1.165) is 40.2 Å². The topological polar surface area (TPSA) is 100 Å². The van der Waals surface area contributed by atoms with Crippen molar-refractivity contribution in [1.29, 1.82) is 0 Å². The van der Waals surface area contributed by atoms with Crippen molar-refractivity contribution in [3.8, 4) is 11.5 Å². The third kappa shape index (κ3) is 3.70. The predicted molar refractivity (Wildman–Crippen MR) is 111 cm³/mol. The number of aromatic nitrogens is 4. The van der Waals surface area contributed by atoms with E-state index in [0.29, 0.717) is 29.9 Å². The third-order valence-corrected chi connectivity index (χ3v) is 5.51. The quantitative estimate of drug-likeness (QED) is 0.293. The van der Waals surface area contributed by atoms with Crippen LogP contribution < -0.4 is 20.5 Å². The van der Waals surface area contributed by atoms with Gasteiger partial charge < -0.3 is 25.1 Å². The van der Waals surface area contributed by atoms with Gasteiger partial charge in [0.15, 0.2) is 28.5 Å². The summed E-state index contributed by atoms with van der Waals surface area (Å²) in [6, 6.07) is 3.90. The molecule has 1 aromatic carbocycles. The van der Waals surface area contributed by atoms with Gasteiger partial charge in [-0.3, -0.25) is 0 Å². The number of imidazole rings is 1. The number of rotatable bonds is 7. The highest BCUT2D eigenvalue weighted by Gasteiger charge is 2.20. The van der Waals surface area contributed by atoms with Crippen molar-refractivity contribution < 1.29 is 13.9 Å². The Morgan fingerprint density at radius 3 is 2.79 bits per heavy atom. The highest BCUT2D eigenvalue weighted by atomic mass is 127. The summed E-state index contributed by atoms with van der Waals surface area (Å²) in [5.41, 5.74) is 7.76. The number of fused-ring (bicyclic) bond motifs is 2. The van der Waals surface area contributed by atoms with Gasteiger partial charge in [0.2, 0.25) is 6.79 Å². The molecule has 0 aliphatic carbocycles. The normalized spacial score (nSPS) is 12.8. The lowest BCUT2D eigenvalue weighted by Crippen LogP contribution is -2.22. The van der Waals surface area contributed by atoms with Gasteiger partial charge in [-0.05, 0) is 53.3 Å². The molecule has 1 aliphatic rings. The average molecular weight is 498 g/mol. The van der Waals surface area contributed by atoms with E-state index in [-0.39, 0.29) is 12.6 Å². The van der Waals surface area contributed by atoms with E-state index >= 15 is 0 Å². The standard InChI is InChI=1S/C18H20FIN6O2/c1-2-3-22-4-5-26-14(23-15-16(21)24-18(19)25-17(15)26)7-10-6-12-13(8-11(10)20)28-9-27-12/h6,8,22H,2-5,7,9H2,1H3,(H2,21,24,25). The number of hydrogen-bond acceptors (Lipinski definition) is 7. The van der Waals surface area contributed by atoms with Gasteiger partial charge in [-0.15, -0.1) is 0 Å². The fraction of sp³-hybridized carbons (Fsp3) is 0.389. The van der Waals surface area contributed by atoms with Crippen LogP contribution in [0, 0.1) is 9.65 Å². The third-order valence-electron chi connectivity index (χ3n) is 4.50. The van der Waals surface area contributed by atoms with Gasteiger partial charge in [-0.2, -0.15) is 14.4 Å². The minimum Gasteiger partial charge on any atom is -0.454 e. The van der Waals surface area contributed by atoms with Gasteiger partial charge in [0.1, 0.15) is 5.82 Å². The van der Waals surface area contributed by atoms with Crippen LogP contribution in [0.1, 0.15) is 24.7 Å². The Morgan fingerprint density at radius 1 is 1.21 bits per heavy atom. The molecule has 0 unspecified atom stereocenters. The molecular weight excluding hydrogens is 478 g/mol. The molecule has 10 heteroatoms. The maximum absolute atomic E-state index is 13.8. The first-order valence-electron chi connectivity index (χ1n) is 9.03. The maximum atomic E-state index is 13.8. The van der Waals surface area contributed by atoms with E-state index in [1.54, 1.807) is 0 Å². The molecule has 4 rings (SSSR count). The van der Waals surface area contributed by atoms with Crippen molar-refractivity contribution >= 4 is 39.6 Å². The highest BCUT2D eigenvalue weighted by Crippen LogP contribution is 2.36. The van der Waals surface area contributed by atoms with Crippen LogP contribution in [0.2, 0.25) is 0 Å². The van der Waals surface area contributed by atoms with E-state index < -0.39 is 6.08 Å². The summed E-state index contributed by atoms with van der Waals surface area (Å²) in [6.45, 7) is 4.56. The van der Waals surface area contributed by atoms with Crippen LogP contribution in [0.15, 0.2) is 12.1 Å². The molecule has 1 aliphatic heterocycles. The molecule has 3 N–H and O–H groups in total. The van der Waals surface area contributed by atoms with Gasteiger partial charge in [-0.25, -0.2) is 4.98 Å². The number of anilines is 1. The van der Waals surface area contributed by atoms with Crippen molar-refractivity contribution in [2.45, 2.75) is 26.3 Å². The second kappa shape index (κ2) is 8.03. The first-order chi connectivity index (χ1) is 13.6. The lowest BCUT2D eigenvalue weighted by Gasteiger charge is -2.11. The molecular formula is C18H20FIN6O2. The Kier molecular flexibility index (Phi) is 5.49. The summed E-state index contributed by atoms with van der Waals surface area (Å²) in [5, 5.41) is 3.35. The molecule has 0 atom stereocenters. The number of hydrogen-bond donors (Lipinski definition) is 2. The van der Waals surface area contributed by atoms with Crippen LogP contribution in [0.25, 0.3) is 11.2 Å². The van der Waals surface area contributed by atoms with E-state index in [4.69, 9.17) is 15.2 Å². The Morgan fingerprint density at radius 2 is 2.00 bits per heavy atom. The van der Waals surface area contributed by atoms with Gasteiger partial charge in [0.05, 0.1) is 0 Å². The maximum Gasteiger partial charge on any atom is 0.312 e. The summed E-state index contributed by atoms with van der Waals surface area (Å²) in [5.74, 6) is 2.25. The number of benzene rings is 1. The fourth-order valence-electron chi connectivity index (χ4n) is 3.17. The van der Waals surface area contributed by atoms with Crippen molar-refractivity contribution in [3.05, 3.63) is 33.2 Å². The van der Waals surface area contributed by atoms with E-state index in [2.05, 4.69) is 49.8 Å². The predicted octanol–water partition coefficient (Wildman–Crippen LogP) is 2.47. The molecule has 0 amide bonds. The molecule has 0 radical (unpaired) electrons. The number of halogens is 2. The van der Waals surface area contributed by atoms with Gasteiger partial charge in [-0.1, -0.05) is 6.92 Å². The monoisotopic (exact) mass is 498 g/mol. The van der Waals surface area contributed by atoms with Crippen molar-refractivity contribution in [3.63, 3.8) is 0 Å². The Hall–Kier alpha value is -2.21. The molecule has 0 spiro atoms. The van der Waals surface area contributed by atoms with Crippen LogP contribution in [-0.4, -0.2) is 39.4 Å². The van der Waals surface area contributed by atoms with E-state index in [9.17, 15) is 4.39 Å². The van der Waals surface area contributed by atoms with Crippen LogP contribution >= 0.6 is 22.6 Å². The van der Waals surface area contributed by atoms with Crippen LogP contribution in [-0.2, 0) is 13.0 Å². The first-order valence-corrected chi connectivity index (χ1v) is 10.1. The number of ether oxygens (including phenoxy) is 2. The number of nitrogens with zero attached hydrogens (tertiary/aromatic N) is 4. The summed E-state index contributed by atoms with van der Waals surface area (Å²) in [4.78, 5) is 12.2. The Bertz CT molecular complexity index is 1030. The summed E-state index contributed by atoms with van der Waals surface area (Å²) in [7, 11) is 0. The SMILES string of the molecule is CCCNCCn1c(Cc2cc3c(cc2I)OCO3)nc2c(N)nc(F)nc21. The first kappa shape index (κ1) is 19.1. The Labute approximate surface area is 174 Å². The van der Waals surface area contributed by atoms with Crippen molar-refractivity contribution in [2.75, 3.05) is 25.6 Å². The van der Waals surface area contributed by atoms with Gasteiger partial charge in [0.25, 0.3) is 0 Å². The highest BCUT2D eigenvalue weighted by molar-refractivity contribution is 14.1. The molecule has 0 fully saturated rings. The van der Waals surface area contributed by atoms with Gasteiger partial charge >= 0.3 is 6.08 Å². The van der Waals surface area contributed by atoms with Crippen LogP contribution in [0.5, 0.6) is 11.5 Å². The zero-order valence-corrected chi connectivity index (χ0v) is 17.5. The lowest BCUT2D eigenvalue weighted by atomic mass is 10.1. The van der Waals surface area contributed by atoms with Crippen LogP contribution in [0.3, 0.4) is 0 Å². The van der Waals surface area contributed by atoms with E-state index in [1.807, 2.05) is 16.7 Å². The number of nitrogen functional groups attached to an aromatic ring is 1. The molecule has 0 saturated carbocycles. The number of nitrogens with one attached hydrogen (secondary N) is 1.